The molecule has 6 heteroatoms. The number of benzene rings is 1. The van der Waals surface area contributed by atoms with Gasteiger partial charge < -0.3 is 14.7 Å². The number of carboxylic acids is 1. The van der Waals surface area contributed by atoms with Crippen molar-refractivity contribution in [1.29, 1.82) is 0 Å². The number of amides is 1. The summed E-state index contributed by atoms with van der Waals surface area (Å²) in [7, 11) is 0. The van der Waals surface area contributed by atoms with Crippen molar-refractivity contribution in [3.05, 3.63) is 28.2 Å². The highest BCUT2D eigenvalue weighted by atomic mass is 79.9. The average molecular weight is 356 g/mol. The molecule has 0 bridgehead atoms. The Morgan fingerprint density at radius 3 is 2.86 bits per heavy atom. The van der Waals surface area contributed by atoms with Gasteiger partial charge >= 0.3 is 5.97 Å². The highest BCUT2D eigenvalue weighted by Crippen LogP contribution is 2.26. The summed E-state index contributed by atoms with van der Waals surface area (Å²) in [4.78, 5) is 24.5. The highest BCUT2D eigenvalue weighted by Gasteiger charge is 2.30. The molecule has 21 heavy (non-hydrogen) atoms. The molecule has 5 nitrogen and oxygen atoms in total. The number of halogens is 1. The molecule has 0 radical (unpaired) electrons. The standard InChI is InChI=1S/C15H18BrNO4/c1-10-2-3-13(12(16)8-10)21-7-5-14(18)17-6-4-11(9-17)15(19)20/h2-3,8,11H,4-7,9H2,1H3,(H,19,20). The van der Waals surface area contributed by atoms with Crippen molar-refractivity contribution in [3.63, 3.8) is 0 Å². The van der Waals surface area contributed by atoms with Gasteiger partial charge in [0.2, 0.25) is 5.91 Å². The Hall–Kier alpha value is -1.56. The molecule has 1 aromatic carbocycles. The van der Waals surface area contributed by atoms with E-state index in [1.807, 2.05) is 25.1 Å². The summed E-state index contributed by atoms with van der Waals surface area (Å²) < 4.78 is 6.45. The minimum Gasteiger partial charge on any atom is -0.492 e. The Morgan fingerprint density at radius 2 is 2.24 bits per heavy atom. The van der Waals surface area contributed by atoms with E-state index >= 15 is 0 Å². The molecule has 1 atom stereocenters. The Bertz CT molecular complexity index is 546. The van der Waals surface area contributed by atoms with E-state index in [9.17, 15) is 9.59 Å². The molecule has 114 valence electrons. The second-order valence-corrected chi connectivity index (χ2v) is 6.05. The second kappa shape index (κ2) is 6.93. The van der Waals surface area contributed by atoms with Gasteiger partial charge in [0.1, 0.15) is 5.75 Å². The van der Waals surface area contributed by atoms with E-state index in [4.69, 9.17) is 9.84 Å². The molecule has 1 N–H and O–H groups in total. The fourth-order valence-electron chi connectivity index (χ4n) is 2.32. The second-order valence-electron chi connectivity index (χ2n) is 5.20. The Labute approximate surface area is 132 Å². The first-order chi connectivity index (χ1) is 9.97. The van der Waals surface area contributed by atoms with Gasteiger partial charge in [-0.3, -0.25) is 9.59 Å². The topological polar surface area (TPSA) is 66.8 Å². The molecule has 1 aliphatic heterocycles. The smallest absolute Gasteiger partial charge is 0.308 e. The summed E-state index contributed by atoms with van der Waals surface area (Å²) in [5.74, 6) is -0.605. The van der Waals surface area contributed by atoms with Crippen LogP contribution < -0.4 is 4.74 Å². The van der Waals surface area contributed by atoms with Gasteiger partial charge in [-0.2, -0.15) is 0 Å². The summed E-state index contributed by atoms with van der Waals surface area (Å²) in [6, 6.07) is 5.76. The molecule has 1 amide bonds. The molecule has 0 spiro atoms. The van der Waals surface area contributed by atoms with Crippen molar-refractivity contribution < 1.29 is 19.4 Å². The van der Waals surface area contributed by atoms with Crippen molar-refractivity contribution in [1.82, 2.24) is 4.90 Å². The number of aliphatic carboxylic acids is 1. The Morgan fingerprint density at radius 1 is 1.48 bits per heavy atom. The fourth-order valence-corrected chi connectivity index (χ4v) is 2.93. The number of carbonyl (C=O) groups is 2. The lowest BCUT2D eigenvalue weighted by Crippen LogP contribution is -2.30. The number of carbonyl (C=O) groups excluding carboxylic acids is 1. The van der Waals surface area contributed by atoms with Gasteiger partial charge in [-0.1, -0.05) is 6.07 Å². The van der Waals surface area contributed by atoms with Crippen molar-refractivity contribution in [2.75, 3.05) is 19.7 Å². The zero-order valence-electron chi connectivity index (χ0n) is 11.8. The Balaban J connectivity index is 1.78. The van der Waals surface area contributed by atoms with Crippen molar-refractivity contribution in [2.45, 2.75) is 19.8 Å². The summed E-state index contributed by atoms with van der Waals surface area (Å²) in [6.45, 7) is 3.10. The third kappa shape index (κ3) is 4.20. The van der Waals surface area contributed by atoms with E-state index in [2.05, 4.69) is 15.9 Å². The van der Waals surface area contributed by atoms with Gasteiger partial charge in [0.25, 0.3) is 0 Å². The molecule has 0 aliphatic carbocycles. The van der Waals surface area contributed by atoms with Gasteiger partial charge in [-0.15, -0.1) is 0 Å². The van der Waals surface area contributed by atoms with Crippen LogP contribution in [0.2, 0.25) is 0 Å². The summed E-state index contributed by atoms with van der Waals surface area (Å²) >= 11 is 3.42. The molecule has 0 aromatic heterocycles. The molecule has 1 unspecified atom stereocenters. The lowest BCUT2D eigenvalue weighted by atomic mass is 10.1. The van der Waals surface area contributed by atoms with E-state index in [1.54, 1.807) is 4.90 Å². The normalized spacial score (nSPS) is 17.8. The minimum atomic E-state index is -0.829. The fraction of sp³-hybridized carbons (Fsp3) is 0.467. The van der Waals surface area contributed by atoms with Crippen molar-refractivity contribution in [3.8, 4) is 5.75 Å². The zero-order chi connectivity index (χ0) is 15.4. The van der Waals surface area contributed by atoms with E-state index in [0.29, 0.717) is 25.3 Å². The molecular formula is C15H18BrNO4. The number of hydrogen-bond acceptors (Lipinski definition) is 3. The van der Waals surface area contributed by atoms with Crippen LogP contribution in [0.5, 0.6) is 5.75 Å². The van der Waals surface area contributed by atoms with Crippen LogP contribution in [0.25, 0.3) is 0 Å². The van der Waals surface area contributed by atoms with E-state index in [0.717, 1.165) is 10.0 Å². The maximum Gasteiger partial charge on any atom is 0.308 e. The third-order valence-electron chi connectivity index (χ3n) is 3.55. The molecular weight excluding hydrogens is 338 g/mol. The molecule has 1 fully saturated rings. The van der Waals surface area contributed by atoms with Crippen LogP contribution in [-0.4, -0.2) is 41.6 Å². The van der Waals surface area contributed by atoms with Gasteiger partial charge in [-0.05, 0) is 47.0 Å². The number of rotatable bonds is 5. The Kier molecular flexibility index (Phi) is 5.22. The predicted octanol–water partition coefficient (Wildman–Crippen LogP) is 2.46. The summed E-state index contributed by atoms with van der Waals surface area (Å²) in [5.41, 5.74) is 1.13. The number of ether oxygens (including phenoxy) is 1. The number of hydrogen-bond donors (Lipinski definition) is 1. The first kappa shape index (κ1) is 15.8. The third-order valence-corrected chi connectivity index (χ3v) is 4.17. The van der Waals surface area contributed by atoms with Crippen LogP contribution in [0.3, 0.4) is 0 Å². The largest absolute Gasteiger partial charge is 0.492 e. The quantitative estimate of drug-likeness (QED) is 0.880. The number of nitrogens with zero attached hydrogens (tertiary/aromatic N) is 1. The van der Waals surface area contributed by atoms with Crippen LogP contribution >= 0.6 is 15.9 Å². The maximum atomic E-state index is 12.0. The van der Waals surface area contributed by atoms with Crippen LogP contribution in [-0.2, 0) is 9.59 Å². The molecule has 0 saturated carbocycles. The lowest BCUT2D eigenvalue weighted by Gasteiger charge is -2.16. The van der Waals surface area contributed by atoms with Gasteiger partial charge in [-0.25, -0.2) is 0 Å². The zero-order valence-corrected chi connectivity index (χ0v) is 13.4. The van der Waals surface area contributed by atoms with Crippen molar-refractivity contribution >= 4 is 27.8 Å². The monoisotopic (exact) mass is 355 g/mol. The first-order valence-electron chi connectivity index (χ1n) is 6.87. The van der Waals surface area contributed by atoms with Crippen LogP contribution in [0.15, 0.2) is 22.7 Å². The SMILES string of the molecule is Cc1ccc(OCCC(=O)N2CCC(C(=O)O)C2)c(Br)c1. The van der Waals surface area contributed by atoms with Gasteiger partial charge in [0.05, 0.1) is 23.4 Å². The van der Waals surface area contributed by atoms with E-state index in [1.165, 1.54) is 0 Å². The molecule has 2 rings (SSSR count). The minimum absolute atomic E-state index is 0.0537. The van der Waals surface area contributed by atoms with Crippen molar-refractivity contribution in [2.24, 2.45) is 5.92 Å². The number of aryl methyl sites for hydroxylation is 1. The maximum absolute atomic E-state index is 12.0. The van der Waals surface area contributed by atoms with Crippen LogP contribution in [0.1, 0.15) is 18.4 Å². The summed E-state index contributed by atoms with van der Waals surface area (Å²) in [6.07, 6.45) is 0.790. The predicted molar refractivity (Wildman–Crippen MR) is 81.3 cm³/mol. The molecule has 1 aliphatic rings. The van der Waals surface area contributed by atoms with Crippen LogP contribution in [0, 0.1) is 12.8 Å². The summed E-state index contributed by atoms with van der Waals surface area (Å²) in [5, 5.41) is 8.92. The first-order valence-corrected chi connectivity index (χ1v) is 7.66. The van der Waals surface area contributed by atoms with Gasteiger partial charge in [0, 0.05) is 13.1 Å². The molecule has 1 heterocycles. The average Bonchev–Trinajstić information content (AvgIpc) is 2.91. The number of likely N-dealkylation sites (tertiary alicyclic amines) is 1. The van der Waals surface area contributed by atoms with E-state index < -0.39 is 11.9 Å². The van der Waals surface area contributed by atoms with Gasteiger partial charge in [0.15, 0.2) is 0 Å². The molecule has 1 aromatic rings. The molecule has 1 saturated heterocycles. The number of carboxylic acid groups (broad SMARTS) is 1. The lowest BCUT2D eigenvalue weighted by molar-refractivity contribution is -0.141. The highest BCUT2D eigenvalue weighted by molar-refractivity contribution is 9.10. The van der Waals surface area contributed by atoms with Crippen LogP contribution in [0.4, 0.5) is 0 Å². The van der Waals surface area contributed by atoms with E-state index in [-0.39, 0.29) is 18.9 Å².